The van der Waals surface area contributed by atoms with Gasteiger partial charge in [-0.1, -0.05) is 40.9 Å². The number of aromatic amines is 1. The first-order valence-electron chi connectivity index (χ1n) is 9.93. The Morgan fingerprint density at radius 3 is 2.59 bits per heavy atom. The second-order valence-electron chi connectivity index (χ2n) is 7.78. The van der Waals surface area contributed by atoms with Crippen molar-refractivity contribution in [3.8, 4) is 11.3 Å². The molecule has 2 heterocycles. The molecule has 0 aliphatic carbocycles. The molecular formula is C23H25ClN4O. The summed E-state index contributed by atoms with van der Waals surface area (Å²) in [6.07, 6.45) is 1.99. The van der Waals surface area contributed by atoms with Gasteiger partial charge in [0.1, 0.15) is 0 Å². The Balaban J connectivity index is 1.43. The number of aromatic nitrogens is 2. The Bertz CT molecular complexity index is 992. The number of nitrogens with zero attached hydrogens (tertiary/aromatic N) is 2. The van der Waals surface area contributed by atoms with Crippen LogP contribution < -0.4 is 10.2 Å². The van der Waals surface area contributed by atoms with Crippen LogP contribution in [0.1, 0.15) is 34.3 Å². The highest BCUT2D eigenvalue weighted by Crippen LogP contribution is 2.25. The van der Waals surface area contributed by atoms with Crippen LogP contribution in [0.4, 0.5) is 5.82 Å². The minimum Gasteiger partial charge on any atom is -0.353 e. The summed E-state index contributed by atoms with van der Waals surface area (Å²) in [5, 5.41) is 11.5. The average Bonchev–Trinajstić information content (AvgIpc) is 3.18. The van der Waals surface area contributed by atoms with Gasteiger partial charge in [-0.15, -0.1) is 0 Å². The van der Waals surface area contributed by atoms with Gasteiger partial charge in [-0.25, -0.2) is 0 Å². The molecule has 1 aliphatic heterocycles. The molecule has 1 fully saturated rings. The van der Waals surface area contributed by atoms with Gasteiger partial charge in [0.2, 0.25) is 0 Å². The van der Waals surface area contributed by atoms with Crippen LogP contribution in [0.2, 0.25) is 5.02 Å². The van der Waals surface area contributed by atoms with Gasteiger partial charge < -0.3 is 10.2 Å². The van der Waals surface area contributed by atoms with Crippen molar-refractivity contribution in [3.63, 3.8) is 0 Å². The lowest BCUT2D eigenvalue weighted by Gasteiger charge is -2.33. The third-order valence-electron chi connectivity index (χ3n) is 5.28. The number of hydrogen-bond acceptors (Lipinski definition) is 3. The summed E-state index contributed by atoms with van der Waals surface area (Å²) in [5.41, 5.74) is 4.94. The molecule has 2 N–H and O–H groups in total. The first kappa shape index (κ1) is 19.5. The number of carbonyl (C=O) groups excluding carboxylic acids is 1. The molecule has 2 aromatic carbocycles. The van der Waals surface area contributed by atoms with Gasteiger partial charge in [0.25, 0.3) is 5.91 Å². The van der Waals surface area contributed by atoms with Crippen molar-refractivity contribution in [1.82, 2.24) is 15.5 Å². The Hall–Kier alpha value is -2.79. The number of nitrogens with one attached hydrogen (secondary N) is 2. The van der Waals surface area contributed by atoms with E-state index < -0.39 is 0 Å². The van der Waals surface area contributed by atoms with E-state index in [1.54, 1.807) is 0 Å². The van der Waals surface area contributed by atoms with Crippen LogP contribution in [0, 0.1) is 13.8 Å². The van der Waals surface area contributed by atoms with E-state index in [1.807, 2.05) is 50.2 Å². The molecular weight excluding hydrogens is 384 g/mol. The number of amides is 1. The molecule has 1 aliphatic rings. The average molecular weight is 409 g/mol. The van der Waals surface area contributed by atoms with Crippen molar-refractivity contribution in [2.24, 2.45) is 0 Å². The summed E-state index contributed by atoms with van der Waals surface area (Å²) in [4.78, 5) is 14.9. The molecule has 1 saturated heterocycles. The molecule has 5 nitrogen and oxygen atoms in total. The van der Waals surface area contributed by atoms with Gasteiger partial charge in [-0.2, -0.15) is 5.10 Å². The minimum absolute atomic E-state index is 0.00692. The molecule has 1 atom stereocenters. The fraction of sp³-hybridized carbons (Fsp3) is 0.304. The zero-order valence-electron chi connectivity index (χ0n) is 16.7. The summed E-state index contributed by atoms with van der Waals surface area (Å²) in [5.74, 6) is 0.896. The van der Waals surface area contributed by atoms with Crippen molar-refractivity contribution < 1.29 is 4.79 Å². The number of aryl methyl sites for hydroxylation is 2. The topological polar surface area (TPSA) is 61.0 Å². The third kappa shape index (κ3) is 4.62. The fourth-order valence-corrected chi connectivity index (χ4v) is 4.05. The van der Waals surface area contributed by atoms with E-state index in [4.69, 9.17) is 11.6 Å². The number of rotatable bonds is 4. The van der Waals surface area contributed by atoms with Crippen LogP contribution >= 0.6 is 11.6 Å². The number of hydrogen-bond donors (Lipinski definition) is 2. The lowest BCUT2D eigenvalue weighted by Crippen LogP contribution is -2.48. The van der Waals surface area contributed by atoms with Crippen molar-refractivity contribution in [1.29, 1.82) is 0 Å². The van der Waals surface area contributed by atoms with Gasteiger partial charge in [0.05, 0.1) is 5.69 Å². The Morgan fingerprint density at radius 2 is 1.86 bits per heavy atom. The quantitative estimate of drug-likeness (QED) is 0.655. The number of benzene rings is 2. The van der Waals surface area contributed by atoms with Crippen LogP contribution in [0.15, 0.2) is 48.5 Å². The molecule has 1 amide bonds. The summed E-state index contributed by atoms with van der Waals surface area (Å²) in [6.45, 7) is 5.71. The van der Waals surface area contributed by atoms with E-state index in [-0.39, 0.29) is 11.9 Å². The summed E-state index contributed by atoms with van der Waals surface area (Å²) in [6, 6.07) is 15.8. The molecule has 0 bridgehead atoms. The van der Waals surface area contributed by atoms with Crippen LogP contribution in [0.5, 0.6) is 0 Å². The fourth-order valence-electron chi connectivity index (χ4n) is 3.93. The molecule has 6 heteroatoms. The zero-order valence-corrected chi connectivity index (χ0v) is 17.5. The van der Waals surface area contributed by atoms with E-state index >= 15 is 0 Å². The Kier molecular flexibility index (Phi) is 5.58. The van der Waals surface area contributed by atoms with Gasteiger partial charge in [-0.05, 0) is 56.5 Å². The largest absolute Gasteiger partial charge is 0.353 e. The molecule has 0 spiro atoms. The third-order valence-corrected chi connectivity index (χ3v) is 5.54. The zero-order chi connectivity index (χ0) is 20.4. The highest BCUT2D eigenvalue weighted by Gasteiger charge is 2.23. The van der Waals surface area contributed by atoms with Crippen LogP contribution in [-0.4, -0.2) is 35.2 Å². The number of piperidine rings is 1. The second-order valence-corrected chi connectivity index (χ2v) is 8.22. The van der Waals surface area contributed by atoms with Crippen molar-refractivity contribution in [2.45, 2.75) is 32.7 Å². The lowest BCUT2D eigenvalue weighted by molar-refractivity contribution is 0.0933. The number of anilines is 1. The number of H-pyrrole nitrogens is 1. The number of carbonyl (C=O) groups is 1. The summed E-state index contributed by atoms with van der Waals surface area (Å²) < 4.78 is 0. The van der Waals surface area contributed by atoms with Crippen molar-refractivity contribution in [3.05, 3.63) is 70.2 Å². The Morgan fingerprint density at radius 1 is 1.14 bits per heavy atom. The van der Waals surface area contributed by atoms with Crippen LogP contribution in [0.3, 0.4) is 0 Å². The molecule has 150 valence electrons. The smallest absolute Gasteiger partial charge is 0.251 e. The molecule has 29 heavy (non-hydrogen) atoms. The maximum atomic E-state index is 12.7. The highest BCUT2D eigenvalue weighted by molar-refractivity contribution is 6.30. The van der Waals surface area contributed by atoms with Crippen molar-refractivity contribution >= 4 is 23.3 Å². The van der Waals surface area contributed by atoms with E-state index in [0.717, 1.165) is 59.7 Å². The van der Waals surface area contributed by atoms with Gasteiger partial charge in [-0.3, -0.25) is 9.89 Å². The van der Waals surface area contributed by atoms with Crippen LogP contribution in [-0.2, 0) is 0 Å². The molecule has 0 saturated carbocycles. The van der Waals surface area contributed by atoms with Crippen LogP contribution in [0.25, 0.3) is 11.3 Å². The normalized spacial score (nSPS) is 16.7. The first-order valence-corrected chi connectivity index (χ1v) is 10.3. The molecule has 3 aromatic rings. The predicted molar refractivity (Wildman–Crippen MR) is 118 cm³/mol. The predicted octanol–water partition coefficient (Wildman–Crippen LogP) is 4.75. The monoisotopic (exact) mass is 408 g/mol. The van der Waals surface area contributed by atoms with Crippen molar-refractivity contribution in [2.75, 3.05) is 18.0 Å². The minimum atomic E-state index is -0.00692. The molecule has 4 rings (SSSR count). The standard InChI is InChI=1S/C23H25ClN4O/c1-15-10-16(2)12-18(11-15)23(29)25-20-4-3-9-28(14-20)22-13-21(26-27-22)17-5-7-19(24)8-6-17/h5-8,10-13,20H,3-4,9,14H2,1-2H3,(H,25,29)(H,26,27). The van der Waals surface area contributed by atoms with Gasteiger partial charge in [0, 0.05) is 35.8 Å². The maximum Gasteiger partial charge on any atom is 0.251 e. The van der Waals surface area contributed by atoms with E-state index in [0.29, 0.717) is 5.02 Å². The lowest BCUT2D eigenvalue weighted by atomic mass is 10.0. The SMILES string of the molecule is Cc1cc(C)cc(C(=O)NC2CCCN(c3cc(-c4ccc(Cl)cc4)[nH]n3)C2)c1. The Labute approximate surface area is 176 Å². The van der Waals surface area contributed by atoms with E-state index in [2.05, 4.69) is 32.5 Å². The van der Waals surface area contributed by atoms with E-state index in [9.17, 15) is 4.79 Å². The van der Waals surface area contributed by atoms with Gasteiger partial charge in [0.15, 0.2) is 5.82 Å². The molecule has 1 aromatic heterocycles. The summed E-state index contributed by atoms with van der Waals surface area (Å²) in [7, 11) is 0. The van der Waals surface area contributed by atoms with Gasteiger partial charge >= 0.3 is 0 Å². The second kappa shape index (κ2) is 8.29. The van der Waals surface area contributed by atoms with E-state index in [1.165, 1.54) is 0 Å². The summed E-state index contributed by atoms with van der Waals surface area (Å²) >= 11 is 5.98. The molecule has 1 unspecified atom stereocenters. The number of halogens is 1. The maximum absolute atomic E-state index is 12.7. The first-order chi connectivity index (χ1) is 14.0. The molecule has 0 radical (unpaired) electrons. The highest BCUT2D eigenvalue weighted by atomic mass is 35.5.